The standard InChI is InChI=1S/C11H12F3NO4S/c1-15(2)7-10(16)8-3-5-9(6-4-8)19-20(17,18)11(12,13)14/h3-6H,7H2,1-2H3. The molecule has 0 radical (unpaired) electrons. The molecule has 0 saturated heterocycles. The Labute approximate surface area is 114 Å². The lowest BCUT2D eigenvalue weighted by Gasteiger charge is -2.10. The minimum Gasteiger partial charge on any atom is -0.376 e. The summed E-state index contributed by atoms with van der Waals surface area (Å²) in [5, 5.41) is 0. The van der Waals surface area contributed by atoms with E-state index in [4.69, 9.17) is 0 Å². The predicted molar refractivity (Wildman–Crippen MR) is 64.9 cm³/mol. The fraction of sp³-hybridized carbons (Fsp3) is 0.364. The third-order valence-electron chi connectivity index (χ3n) is 2.13. The van der Waals surface area contributed by atoms with Gasteiger partial charge in [-0.05, 0) is 38.4 Å². The highest BCUT2D eigenvalue weighted by atomic mass is 32.2. The van der Waals surface area contributed by atoms with Gasteiger partial charge in [-0.15, -0.1) is 0 Å². The second-order valence-electron chi connectivity index (χ2n) is 4.17. The molecule has 0 saturated carbocycles. The molecule has 0 unspecified atom stereocenters. The number of carbonyl (C=O) groups excluding carboxylic acids is 1. The third kappa shape index (κ3) is 4.20. The zero-order chi connectivity index (χ0) is 15.6. The van der Waals surface area contributed by atoms with Crippen LogP contribution in [0.2, 0.25) is 0 Å². The van der Waals surface area contributed by atoms with E-state index in [0.717, 1.165) is 12.1 Å². The number of likely N-dealkylation sites (N-methyl/N-ethyl adjacent to an activating group) is 1. The molecule has 0 bridgehead atoms. The molecule has 0 N–H and O–H groups in total. The molecule has 0 amide bonds. The van der Waals surface area contributed by atoms with Crippen molar-refractivity contribution in [2.24, 2.45) is 0 Å². The molecule has 0 atom stereocenters. The number of hydrogen-bond donors (Lipinski definition) is 0. The number of ketones is 1. The summed E-state index contributed by atoms with van der Waals surface area (Å²) in [5.74, 6) is -0.760. The van der Waals surface area contributed by atoms with Gasteiger partial charge in [0.05, 0.1) is 6.54 Å². The van der Waals surface area contributed by atoms with Gasteiger partial charge in [0.25, 0.3) is 0 Å². The average molecular weight is 311 g/mol. The monoisotopic (exact) mass is 311 g/mol. The fourth-order valence-corrected chi connectivity index (χ4v) is 1.71. The Balaban J connectivity index is 2.86. The number of nitrogens with zero attached hydrogens (tertiary/aromatic N) is 1. The predicted octanol–water partition coefficient (Wildman–Crippen LogP) is 1.66. The molecule has 1 rings (SSSR count). The molecule has 0 fully saturated rings. The SMILES string of the molecule is CN(C)CC(=O)c1ccc(OS(=O)(=O)C(F)(F)F)cc1. The second kappa shape index (κ2) is 5.80. The van der Waals surface area contributed by atoms with Crippen LogP contribution < -0.4 is 4.18 Å². The second-order valence-corrected chi connectivity index (χ2v) is 5.71. The first-order chi connectivity index (χ1) is 9.03. The molecule has 0 aliphatic rings. The van der Waals surface area contributed by atoms with Crippen molar-refractivity contribution in [3.05, 3.63) is 29.8 Å². The summed E-state index contributed by atoms with van der Waals surface area (Å²) in [7, 11) is -2.32. The molecular weight excluding hydrogens is 299 g/mol. The smallest absolute Gasteiger partial charge is 0.376 e. The number of benzene rings is 1. The summed E-state index contributed by atoms with van der Waals surface area (Å²) in [6.45, 7) is 0.126. The first-order valence-electron chi connectivity index (χ1n) is 5.31. The van der Waals surface area contributed by atoms with Crippen LogP contribution in [0, 0.1) is 0 Å². The zero-order valence-corrected chi connectivity index (χ0v) is 11.5. The molecule has 0 heterocycles. The van der Waals surface area contributed by atoms with Crippen LogP contribution in [-0.2, 0) is 10.1 Å². The van der Waals surface area contributed by atoms with E-state index in [1.165, 1.54) is 12.1 Å². The molecule has 0 spiro atoms. The van der Waals surface area contributed by atoms with E-state index in [0.29, 0.717) is 0 Å². The van der Waals surface area contributed by atoms with Gasteiger partial charge in [0.15, 0.2) is 5.78 Å². The number of halogens is 3. The molecular formula is C11H12F3NO4S. The van der Waals surface area contributed by atoms with Gasteiger partial charge in [0, 0.05) is 5.56 Å². The van der Waals surface area contributed by atoms with Gasteiger partial charge in [-0.1, -0.05) is 0 Å². The topological polar surface area (TPSA) is 63.7 Å². The normalized spacial score (nSPS) is 12.5. The van der Waals surface area contributed by atoms with Crippen molar-refractivity contribution in [2.45, 2.75) is 5.51 Å². The zero-order valence-electron chi connectivity index (χ0n) is 10.6. The summed E-state index contributed by atoms with van der Waals surface area (Å²) >= 11 is 0. The van der Waals surface area contributed by atoms with Crippen LogP contribution in [0.3, 0.4) is 0 Å². The van der Waals surface area contributed by atoms with Gasteiger partial charge in [-0.3, -0.25) is 4.79 Å². The van der Waals surface area contributed by atoms with Gasteiger partial charge in [-0.2, -0.15) is 21.6 Å². The van der Waals surface area contributed by atoms with Gasteiger partial charge in [-0.25, -0.2) is 0 Å². The first-order valence-corrected chi connectivity index (χ1v) is 6.72. The first kappa shape index (κ1) is 16.4. The van der Waals surface area contributed by atoms with Crippen molar-refractivity contribution in [3.8, 4) is 5.75 Å². The quantitative estimate of drug-likeness (QED) is 0.470. The summed E-state index contributed by atoms with van der Waals surface area (Å²) < 4.78 is 61.7. The van der Waals surface area contributed by atoms with E-state index >= 15 is 0 Å². The summed E-state index contributed by atoms with van der Waals surface area (Å²) in [4.78, 5) is 13.3. The van der Waals surface area contributed by atoms with Crippen molar-refractivity contribution < 1.29 is 30.6 Å². The Morgan fingerprint density at radius 3 is 2.10 bits per heavy atom. The highest BCUT2D eigenvalue weighted by Gasteiger charge is 2.48. The highest BCUT2D eigenvalue weighted by Crippen LogP contribution is 2.26. The maximum atomic E-state index is 12.1. The van der Waals surface area contributed by atoms with E-state index in [1.807, 2.05) is 0 Å². The van der Waals surface area contributed by atoms with Crippen molar-refractivity contribution in [1.82, 2.24) is 4.90 Å². The summed E-state index contributed by atoms with van der Waals surface area (Å²) in [6, 6.07) is 4.39. The fourth-order valence-electron chi connectivity index (χ4n) is 1.25. The van der Waals surface area contributed by atoms with Crippen molar-refractivity contribution in [1.29, 1.82) is 0 Å². The lowest BCUT2D eigenvalue weighted by Crippen LogP contribution is -2.28. The van der Waals surface area contributed by atoms with E-state index in [-0.39, 0.29) is 17.9 Å². The van der Waals surface area contributed by atoms with Crippen LogP contribution in [0.15, 0.2) is 24.3 Å². The average Bonchev–Trinajstić information content (AvgIpc) is 2.26. The van der Waals surface area contributed by atoms with Crippen LogP contribution in [0.5, 0.6) is 5.75 Å². The molecule has 5 nitrogen and oxygen atoms in total. The van der Waals surface area contributed by atoms with Crippen LogP contribution in [0.1, 0.15) is 10.4 Å². The molecule has 20 heavy (non-hydrogen) atoms. The Morgan fingerprint density at radius 2 is 1.70 bits per heavy atom. The Morgan fingerprint density at radius 1 is 1.20 bits per heavy atom. The van der Waals surface area contributed by atoms with Crippen LogP contribution >= 0.6 is 0 Å². The molecule has 0 aromatic heterocycles. The lowest BCUT2D eigenvalue weighted by atomic mass is 10.1. The lowest BCUT2D eigenvalue weighted by molar-refractivity contribution is -0.0500. The van der Waals surface area contributed by atoms with Crippen LogP contribution in [0.25, 0.3) is 0 Å². The van der Waals surface area contributed by atoms with Crippen LogP contribution in [0.4, 0.5) is 13.2 Å². The molecule has 9 heteroatoms. The third-order valence-corrected chi connectivity index (χ3v) is 3.10. The Kier molecular flexibility index (Phi) is 4.77. The van der Waals surface area contributed by atoms with Crippen molar-refractivity contribution in [2.75, 3.05) is 20.6 Å². The number of Topliss-reactive ketones (excluding diaryl/α,β-unsaturated/α-hetero) is 1. The van der Waals surface area contributed by atoms with Gasteiger partial charge >= 0.3 is 15.6 Å². The molecule has 1 aromatic carbocycles. The van der Waals surface area contributed by atoms with E-state index in [9.17, 15) is 26.4 Å². The molecule has 112 valence electrons. The van der Waals surface area contributed by atoms with Gasteiger partial charge in [0.1, 0.15) is 5.75 Å². The van der Waals surface area contributed by atoms with Gasteiger partial charge < -0.3 is 9.08 Å². The van der Waals surface area contributed by atoms with Crippen molar-refractivity contribution in [3.63, 3.8) is 0 Å². The van der Waals surface area contributed by atoms with E-state index < -0.39 is 21.4 Å². The molecule has 0 aliphatic carbocycles. The Bertz CT molecular complexity index is 579. The Hall–Kier alpha value is -1.61. The number of alkyl halides is 3. The van der Waals surface area contributed by atoms with E-state index in [2.05, 4.69) is 4.18 Å². The summed E-state index contributed by atoms with van der Waals surface area (Å²) in [6.07, 6.45) is 0. The maximum Gasteiger partial charge on any atom is 0.534 e. The van der Waals surface area contributed by atoms with E-state index in [1.54, 1.807) is 19.0 Å². The number of rotatable bonds is 5. The van der Waals surface area contributed by atoms with Crippen LogP contribution in [-0.4, -0.2) is 45.2 Å². The minimum absolute atomic E-state index is 0.126. The minimum atomic E-state index is -5.70. The summed E-state index contributed by atoms with van der Waals surface area (Å²) in [5.41, 5.74) is -5.25. The molecule has 1 aromatic rings. The van der Waals surface area contributed by atoms with Crippen molar-refractivity contribution >= 4 is 15.9 Å². The number of carbonyl (C=O) groups is 1. The molecule has 0 aliphatic heterocycles. The largest absolute Gasteiger partial charge is 0.534 e. The van der Waals surface area contributed by atoms with Gasteiger partial charge in [0.2, 0.25) is 0 Å². The number of hydrogen-bond acceptors (Lipinski definition) is 5. The highest BCUT2D eigenvalue weighted by molar-refractivity contribution is 7.87. The maximum absolute atomic E-state index is 12.1.